The second-order valence-corrected chi connectivity index (χ2v) is 6.13. The Labute approximate surface area is 132 Å². The third-order valence-corrected chi connectivity index (χ3v) is 4.14. The number of alkyl halides is 5. The first-order valence-corrected chi connectivity index (χ1v) is 7.48. The molecular weight excluding hydrogens is 317 g/mol. The number of hydrogen-bond donors (Lipinski definition) is 0. The molecule has 7 heteroatoms. The molecule has 0 N–H and O–H groups in total. The number of rotatable bonds is 4. The summed E-state index contributed by atoms with van der Waals surface area (Å²) < 4.78 is 70.6. The third-order valence-electron chi connectivity index (χ3n) is 4.14. The SMILES string of the molecule is Cc1ccc(C(F)(F)C(F)(F)F)c(OCC2CCN(C)CC2)c1. The summed E-state index contributed by atoms with van der Waals surface area (Å²) in [5, 5.41) is 0. The normalized spacial score (nSPS) is 18.2. The zero-order valence-corrected chi connectivity index (χ0v) is 13.1. The molecule has 1 aromatic carbocycles. The quantitative estimate of drug-likeness (QED) is 0.757. The van der Waals surface area contributed by atoms with Crippen molar-refractivity contribution in [2.75, 3.05) is 26.7 Å². The van der Waals surface area contributed by atoms with Gasteiger partial charge in [-0.25, -0.2) is 0 Å². The molecule has 0 amide bonds. The molecule has 2 nitrogen and oxygen atoms in total. The number of aryl methyl sites for hydroxylation is 1. The van der Waals surface area contributed by atoms with Crippen molar-refractivity contribution >= 4 is 0 Å². The van der Waals surface area contributed by atoms with E-state index >= 15 is 0 Å². The lowest BCUT2D eigenvalue weighted by atomic mass is 9.98. The maximum absolute atomic E-state index is 13.7. The van der Waals surface area contributed by atoms with Crippen molar-refractivity contribution in [1.29, 1.82) is 0 Å². The molecule has 2 rings (SSSR count). The smallest absolute Gasteiger partial charge is 0.458 e. The fourth-order valence-electron chi connectivity index (χ4n) is 2.60. The summed E-state index contributed by atoms with van der Waals surface area (Å²) in [6.07, 6.45) is -3.96. The van der Waals surface area contributed by atoms with Gasteiger partial charge >= 0.3 is 12.1 Å². The lowest BCUT2D eigenvalue weighted by Crippen LogP contribution is -2.35. The average molecular weight is 337 g/mol. The van der Waals surface area contributed by atoms with E-state index in [9.17, 15) is 22.0 Å². The van der Waals surface area contributed by atoms with Crippen LogP contribution in [0.25, 0.3) is 0 Å². The highest BCUT2D eigenvalue weighted by Gasteiger charge is 2.60. The fourth-order valence-corrected chi connectivity index (χ4v) is 2.60. The van der Waals surface area contributed by atoms with Crippen LogP contribution in [0.4, 0.5) is 22.0 Å². The van der Waals surface area contributed by atoms with Gasteiger partial charge in [0.05, 0.1) is 12.2 Å². The van der Waals surface area contributed by atoms with Crippen LogP contribution in [0, 0.1) is 12.8 Å². The van der Waals surface area contributed by atoms with Crippen LogP contribution in [0.1, 0.15) is 24.0 Å². The van der Waals surface area contributed by atoms with Crippen molar-refractivity contribution in [2.45, 2.75) is 31.9 Å². The van der Waals surface area contributed by atoms with Gasteiger partial charge < -0.3 is 9.64 Å². The summed E-state index contributed by atoms with van der Waals surface area (Å²) in [4.78, 5) is 2.15. The van der Waals surface area contributed by atoms with Gasteiger partial charge in [-0.15, -0.1) is 0 Å². The molecule has 1 fully saturated rings. The summed E-state index contributed by atoms with van der Waals surface area (Å²) in [5.74, 6) is -5.15. The molecule has 0 saturated carbocycles. The molecule has 23 heavy (non-hydrogen) atoms. The van der Waals surface area contributed by atoms with Crippen molar-refractivity contribution in [3.8, 4) is 5.75 Å². The molecule has 1 saturated heterocycles. The number of hydrogen-bond acceptors (Lipinski definition) is 2. The number of piperidine rings is 1. The zero-order valence-electron chi connectivity index (χ0n) is 13.1. The topological polar surface area (TPSA) is 12.5 Å². The minimum atomic E-state index is -5.64. The highest BCUT2D eigenvalue weighted by atomic mass is 19.4. The van der Waals surface area contributed by atoms with Gasteiger partial charge in [0.25, 0.3) is 0 Å². The Morgan fingerprint density at radius 2 is 1.74 bits per heavy atom. The second-order valence-electron chi connectivity index (χ2n) is 6.13. The van der Waals surface area contributed by atoms with Gasteiger partial charge in [0.2, 0.25) is 0 Å². The first-order chi connectivity index (χ1) is 10.6. The Morgan fingerprint density at radius 3 is 2.30 bits per heavy atom. The van der Waals surface area contributed by atoms with Gasteiger partial charge in [-0.3, -0.25) is 0 Å². The van der Waals surface area contributed by atoms with E-state index in [0.717, 1.165) is 32.0 Å². The molecule has 0 unspecified atom stereocenters. The van der Waals surface area contributed by atoms with Crippen LogP contribution in [0.5, 0.6) is 5.75 Å². The highest BCUT2D eigenvalue weighted by Crippen LogP contribution is 2.47. The van der Waals surface area contributed by atoms with Crippen LogP contribution >= 0.6 is 0 Å². The Balaban J connectivity index is 2.16. The summed E-state index contributed by atoms with van der Waals surface area (Å²) in [6, 6.07) is 3.27. The third kappa shape index (κ3) is 4.13. The Bertz CT molecular complexity index is 536. The van der Waals surface area contributed by atoms with Gasteiger partial charge in [0.1, 0.15) is 5.75 Å². The number of nitrogens with zero attached hydrogens (tertiary/aromatic N) is 1. The number of ether oxygens (including phenoxy) is 1. The van der Waals surface area contributed by atoms with Crippen molar-refractivity contribution in [1.82, 2.24) is 4.90 Å². The summed E-state index contributed by atoms with van der Waals surface area (Å²) >= 11 is 0. The van der Waals surface area contributed by atoms with Crippen molar-refractivity contribution in [3.63, 3.8) is 0 Å². The van der Waals surface area contributed by atoms with Gasteiger partial charge in [-0.2, -0.15) is 22.0 Å². The molecular formula is C16H20F5NO. The van der Waals surface area contributed by atoms with Crippen LogP contribution in [0.15, 0.2) is 18.2 Å². The summed E-state index contributed by atoms with van der Waals surface area (Å²) in [7, 11) is 1.99. The van der Waals surface area contributed by atoms with E-state index in [2.05, 4.69) is 4.90 Å². The largest absolute Gasteiger partial charge is 0.493 e. The lowest BCUT2D eigenvalue weighted by molar-refractivity contribution is -0.289. The Morgan fingerprint density at radius 1 is 1.13 bits per heavy atom. The number of benzene rings is 1. The molecule has 0 bridgehead atoms. The monoisotopic (exact) mass is 337 g/mol. The molecule has 130 valence electrons. The Hall–Kier alpha value is -1.37. The van der Waals surface area contributed by atoms with E-state index in [4.69, 9.17) is 4.74 Å². The van der Waals surface area contributed by atoms with E-state index in [-0.39, 0.29) is 18.3 Å². The Kier molecular flexibility index (Phi) is 5.18. The minimum Gasteiger partial charge on any atom is -0.493 e. The standard InChI is InChI=1S/C16H20F5NO/c1-11-3-4-13(15(17,18)16(19,20)21)14(9-11)23-10-12-5-7-22(2)8-6-12/h3-4,9,12H,5-8,10H2,1-2H3. The number of halogens is 5. The number of likely N-dealkylation sites (tertiary alicyclic amines) is 1. The molecule has 0 radical (unpaired) electrons. The fraction of sp³-hybridized carbons (Fsp3) is 0.625. The van der Waals surface area contributed by atoms with Gasteiger partial charge in [-0.1, -0.05) is 6.07 Å². The van der Waals surface area contributed by atoms with Crippen molar-refractivity contribution in [2.24, 2.45) is 5.92 Å². The van der Waals surface area contributed by atoms with Crippen molar-refractivity contribution < 1.29 is 26.7 Å². The maximum Gasteiger partial charge on any atom is 0.458 e. The minimum absolute atomic E-state index is 0.151. The molecule has 0 aromatic heterocycles. The summed E-state index contributed by atoms with van der Waals surface area (Å²) in [5.41, 5.74) is -0.548. The summed E-state index contributed by atoms with van der Waals surface area (Å²) in [6.45, 7) is 3.51. The van der Waals surface area contributed by atoms with E-state index in [1.165, 1.54) is 12.1 Å². The molecule has 1 aliphatic heterocycles. The molecule has 1 aromatic rings. The molecule has 0 atom stereocenters. The molecule has 1 heterocycles. The van der Waals surface area contributed by atoms with Crippen LogP contribution in [0.3, 0.4) is 0 Å². The first kappa shape index (κ1) is 18.0. The highest BCUT2D eigenvalue weighted by molar-refractivity contribution is 5.40. The zero-order chi connectivity index (χ0) is 17.3. The van der Waals surface area contributed by atoms with E-state index in [1.54, 1.807) is 6.92 Å². The van der Waals surface area contributed by atoms with Gasteiger partial charge in [0.15, 0.2) is 0 Å². The van der Waals surface area contributed by atoms with Crippen molar-refractivity contribution in [3.05, 3.63) is 29.3 Å². The predicted octanol–water partition coefficient (Wildman–Crippen LogP) is 4.37. The molecule has 1 aliphatic rings. The molecule has 0 spiro atoms. The average Bonchev–Trinajstić information content (AvgIpc) is 2.45. The van der Waals surface area contributed by atoms with Gasteiger partial charge in [0, 0.05) is 0 Å². The maximum atomic E-state index is 13.7. The van der Waals surface area contributed by atoms with E-state index in [0.29, 0.717) is 5.56 Å². The van der Waals surface area contributed by atoms with Crippen LogP contribution in [0.2, 0.25) is 0 Å². The first-order valence-electron chi connectivity index (χ1n) is 7.48. The predicted molar refractivity (Wildman–Crippen MR) is 76.8 cm³/mol. The van der Waals surface area contributed by atoms with Gasteiger partial charge in [-0.05, 0) is 63.5 Å². The lowest BCUT2D eigenvalue weighted by Gasteiger charge is -2.29. The van der Waals surface area contributed by atoms with E-state index < -0.39 is 17.7 Å². The van der Waals surface area contributed by atoms with Crippen LogP contribution in [-0.4, -0.2) is 37.8 Å². The van der Waals surface area contributed by atoms with Crippen LogP contribution in [-0.2, 0) is 5.92 Å². The van der Waals surface area contributed by atoms with E-state index in [1.807, 2.05) is 7.05 Å². The molecule has 0 aliphatic carbocycles. The second kappa shape index (κ2) is 6.63. The van der Waals surface area contributed by atoms with Crippen LogP contribution < -0.4 is 4.74 Å².